The van der Waals surface area contributed by atoms with E-state index in [0.29, 0.717) is 12.5 Å². The summed E-state index contributed by atoms with van der Waals surface area (Å²) in [5, 5.41) is 21.3. The molecule has 4 nitrogen and oxygen atoms in total. The predicted molar refractivity (Wildman–Crippen MR) is 72.8 cm³/mol. The molecular weight excluding hydrogens is 240 g/mol. The van der Waals surface area contributed by atoms with Crippen LogP contribution in [0.3, 0.4) is 0 Å². The maximum absolute atomic E-state index is 10.3. The van der Waals surface area contributed by atoms with E-state index < -0.39 is 0 Å². The summed E-state index contributed by atoms with van der Waals surface area (Å²) in [6, 6.07) is 7.73. The zero-order valence-corrected chi connectivity index (χ0v) is 11.8. The van der Waals surface area contributed by atoms with Crippen LogP contribution in [0.4, 0.5) is 0 Å². The first-order chi connectivity index (χ1) is 9.06. The van der Waals surface area contributed by atoms with Crippen molar-refractivity contribution >= 4 is 10.9 Å². The van der Waals surface area contributed by atoms with E-state index in [9.17, 15) is 10.2 Å². The molecule has 2 N–H and O–H groups in total. The molecule has 0 bridgehead atoms. The summed E-state index contributed by atoms with van der Waals surface area (Å²) in [6.07, 6.45) is 0.983. The standard InChI is InChI=1S/C15H20N2O2/c1-4-16-14(18)12-7-5-6-8-13(12)17(15(16)19)10-9-11(2)3/h5-8,11H,4,9-10H2,1-3H3/p+2. The van der Waals surface area contributed by atoms with Gasteiger partial charge >= 0.3 is 11.9 Å². The van der Waals surface area contributed by atoms with Crippen LogP contribution in [0.5, 0.6) is 11.9 Å². The fourth-order valence-corrected chi connectivity index (χ4v) is 2.29. The first-order valence-electron chi connectivity index (χ1n) is 6.82. The molecule has 0 atom stereocenters. The number of benzene rings is 1. The van der Waals surface area contributed by atoms with Crippen molar-refractivity contribution in [2.45, 2.75) is 40.3 Å². The van der Waals surface area contributed by atoms with Crippen LogP contribution in [0.1, 0.15) is 27.2 Å². The smallest absolute Gasteiger partial charge is 0.459 e. The van der Waals surface area contributed by atoms with Crippen molar-refractivity contribution < 1.29 is 19.3 Å². The number of rotatable bonds is 4. The first kappa shape index (κ1) is 13.6. The molecule has 0 spiro atoms. The van der Waals surface area contributed by atoms with Gasteiger partial charge in [-0.3, -0.25) is 0 Å². The van der Waals surface area contributed by atoms with Crippen molar-refractivity contribution in [3.8, 4) is 11.9 Å². The van der Waals surface area contributed by atoms with Crippen molar-refractivity contribution in [1.82, 2.24) is 0 Å². The molecular formula is C15H22N2O2+2. The van der Waals surface area contributed by atoms with Crippen molar-refractivity contribution in [1.29, 1.82) is 0 Å². The number of aromatic hydroxyl groups is 2. The number of hydrogen-bond acceptors (Lipinski definition) is 2. The fraction of sp³-hybridized carbons (Fsp3) is 0.467. The minimum Gasteiger partial charge on any atom is -0.459 e. The van der Waals surface area contributed by atoms with Gasteiger partial charge in [0, 0.05) is 12.5 Å². The molecule has 0 saturated carbocycles. The fourth-order valence-electron chi connectivity index (χ4n) is 2.29. The third kappa shape index (κ3) is 2.48. The molecule has 0 aliphatic carbocycles. The molecule has 0 radical (unpaired) electrons. The summed E-state index contributed by atoms with van der Waals surface area (Å²) >= 11 is 0. The average Bonchev–Trinajstić information content (AvgIpc) is 2.39. The van der Waals surface area contributed by atoms with Crippen LogP contribution in [0.2, 0.25) is 0 Å². The van der Waals surface area contributed by atoms with E-state index in [1.54, 1.807) is 0 Å². The second-order valence-corrected chi connectivity index (χ2v) is 5.22. The van der Waals surface area contributed by atoms with Gasteiger partial charge in [-0.15, -0.1) is 0 Å². The van der Waals surface area contributed by atoms with Crippen LogP contribution in [0.25, 0.3) is 10.9 Å². The van der Waals surface area contributed by atoms with Gasteiger partial charge in [0.15, 0.2) is 18.5 Å². The van der Waals surface area contributed by atoms with E-state index >= 15 is 0 Å². The predicted octanol–water partition coefficient (Wildman–Crippen LogP) is 1.89. The topological polar surface area (TPSA) is 48.2 Å². The van der Waals surface area contributed by atoms with Crippen LogP contribution in [0, 0.1) is 5.92 Å². The summed E-state index contributed by atoms with van der Waals surface area (Å²) in [6.45, 7) is 7.50. The van der Waals surface area contributed by atoms with Gasteiger partial charge in [-0.1, -0.05) is 35.1 Å². The van der Waals surface area contributed by atoms with Gasteiger partial charge in [-0.05, 0) is 18.9 Å². The Bertz CT molecular complexity index is 594. The van der Waals surface area contributed by atoms with Crippen LogP contribution in [0.15, 0.2) is 24.3 Å². The number of hydrogen-bond donors (Lipinski definition) is 2. The Morgan fingerprint density at radius 2 is 1.79 bits per heavy atom. The minimum absolute atomic E-state index is 0.111. The average molecular weight is 262 g/mol. The molecule has 0 aliphatic heterocycles. The molecule has 102 valence electrons. The Morgan fingerprint density at radius 3 is 2.42 bits per heavy atom. The monoisotopic (exact) mass is 262 g/mol. The highest BCUT2D eigenvalue weighted by molar-refractivity contribution is 5.79. The summed E-state index contributed by atoms with van der Waals surface area (Å²) in [5.74, 6) is 0.686. The van der Waals surface area contributed by atoms with Gasteiger partial charge in [0.25, 0.3) is 0 Å². The third-order valence-electron chi connectivity index (χ3n) is 3.42. The van der Waals surface area contributed by atoms with Gasteiger partial charge in [0.05, 0.1) is 0 Å². The van der Waals surface area contributed by atoms with Crippen molar-refractivity contribution in [2.24, 2.45) is 5.92 Å². The van der Waals surface area contributed by atoms with E-state index in [1.165, 1.54) is 4.57 Å². The second-order valence-electron chi connectivity index (χ2n) is 5.22. The zero-order chi connectivity index (χ0) is 14.0. The van der Waals surface area contributed by atoms with Gasteiger partial charge in [0.1, 0.15) is 0 Å². The number of nitrogens with zero attached hydrogens (tertiary/aromatic N) is 2. The summed E-state index contributed by atoms with van der Waals surface area (Å²) in [5.41, 5.74) is 0.864. The lowest BCUT2D eigenvalue weighted by Gasteiger charge is -2.05. The minimum atomic E-state index is 0.111. The van der Waals surface area contributed by atoms with E-state index in [0.717, 1.165) is 23.9 Å². The highest BCUT2D eigenvalue weighted by Gasteiger charge is 2.32. The Balaban J connectivity index is 2.65. The molecule has 0 unspecified atom stereocenters. The largest absolute Gasteiger partial charge is 0.632 e. The quantitative estimate of drug-likeness (QED) is 0.827. The van der Waals surface area contributed by atoms with E-state index in [4.69, 9.17) is 0 Å². The lowest BCUT2D eigenvalue weighted by atomic mass is 10.1. The van der Waals surface area contributed by atoms with Gasteiger partial charge in [0.2, 0.25) is 5.52 Å². The molecule has 19 heavy (non-hydrogen) atoms. The van der Waals surface area contributed by atoms with Crippen LogP contribution >= 0.6 is 0 Å². The Kier molecular flexibility index (Phi) is 3.88. The number of aromatic nitrogens is 2. The lowest BCUT2D eigenvalue weighted by molar-refractivity contribution is -0.820. The Labute approximate surface area is 113 Å². The van der Waals surface area contributed by atoms with Crippen molar-refractivity contribution in [3.05, 3.63) is 24.3 Å². The molecule has 1 aromatic heterocycles. The van der Waals surface area contributed by atoms with Gasteiger partial charge in [-0.25, -0.2) is 0 Å². The maximum Gasteiger partial charge on any atom is 0.632 e. The normalized spacial score (nSPS) is 11.4. The van der Waals surface area contributed by atoms with Gasteiger partial charge < -0.3 is 10.2 Å². The van der Waals surface area contributed by atoms with Crippen LogP contribution in [-0.4, -0.2) is 10.2 Å². The van der Waals surface area contributed by atoms with E-state index in [2.05, 4.69) is 13.8 Å². The second kappa shape index (κ2) is 5.43. The van der Waals surface area contributed by atoms with Crippen LogP contribution < -0.4 is 9.13 Å². The van der Waals surface area contributed by atoms with Crippen molar-refractivity contribution in [2.75, 3.05) is 0 Å². The summed E-state index contributed by atoms with van der Waals surface area (Å²) in [7, 11) is 0. The third-order valence-corrected chi connectivity index (χ3v) is 3.42. The molecule has 2 rings (SSSR count). The molecule has 0 fully saturated rings. The molecule has 4 heteroatoms. The highest BCUT2D eigenvalue weighted by Crippen LogP contribution is 2.20. The number of aryl methyl sites for hydroxylation is 1. The molecule has 1 heterocycles. The Morgan fingerprint density at radius 1 is 1.11 bits per heavy atom. The lowest BCUT2D eigenvalue weighted by Crippen LogP contribution is -2.48. The molecule has 2 aromatic rings. The summed E-state index contributed by atoms with van der Waals surface area (Å²) in [4.78, 5) is 0. The molecule has 0 aliphatic rings. The molecule has 0 amide bonds. The number of fused-ring (bicyclic) bond motifs is 1. The molecule has 0 saturated heterocycles. The van der Waals surface area contributed by atoms with Gasteiger partial charge in [-0.2, -0.15) is 0 Å². The van der Waals surface area contributed by atoms with Crippen LogP contribution in [-0.2, 0) is 13.1 Å². The van der Waals surface area contributed by atoms with E-state index in [1.807, 2.05) is 35.8 Å². The summed E-state index contributed by atoms with van der Waals surface area (Å²) < 4.78 is 3.40. The Hall–Kier alpha value is -1.84. The van der Waals surface area contributed by atoms with E-state index in [-0.39, 0.29) is 11.9 Å². The zero-order valence-electron chi connectivity index (χ0n) is 11.8. The maximum atomic E-state index is 10.3. The highest BCUT2D eigenvalue weighted by atomic mass is 16.3. The first-order valence-corrected chi connectivity index (χ1v) is 6.82. The number of para-hydroxylation sites is 1. The SMILES string of the molecule is CC[n+]1c(O)c2ccccc2[n+](CCC(C)C)c1O. The van der Waals surface area contributed by atoms with Crippen molar-refractivity contribution in [3.63, 3.8) is 0 Å². The molecule has 1 aromatic carbocycles.